The Balaban J connectivity index is 1.54. The Bertz CT molecular complexity index is 1240. The quantitative estimate of drug-likeness (QED) is 0.432. The lowest BCUT2D eigenvalue weighted by Gasteiger charge is -2.11. The van der Waals surface area contributed by atoms with E-state index >= 15 is 0 Å². The first-order chi connectivity index (χ1) is 14.6. The largest absolute Gasteiger partial charge is 0.382 e. The molecule has 0 atom stereocenters. The molecule has 0 aliphatic carbocycles. The summed E-state index contributed by atoms with van der Waals surface area (Å²) < 4.78 is 0. The number of nitrogens with one attached hydrogen (secondary N) is 2. The Kier molecular flexibility index (Phi) is 5.84. The number of benzene rings is 1. The van der Waals surface area contributed by atoms with E-state index in [1.54, 1.807) is 48.9 Å². The molecule has 0 saturated heterocycles. The fourth-order valence-corrected chi connectivity index (χ4v) is 3.22. The van der Waals surface area contributed by atoms with E-state index in [0.29, 0.717) is 57.2 Å². The summed E-state index contributed by atoms with van der Waals surface area (Å²) in [5.41, 5.74) is 2.86. The second-order valence-corrected chi connectivity index (χ2v) is 6.99. The third-order valence-corrected chi connectivity index (χ3v) is 4.68. The van der Waals surface area contributed by atoms with Gasteiger partial charge in [0.05, 0.1) is 16.9 Å². The van der Waals surface area contributed by atoms with Crippen LogP contribution in [0, 0.1) is 11.3 Å². The van der Waals surface area contributed by atoms with E-state index in [-0.39, 0.29) is 0 Å². The molecular weight excluding hydrogens is 423 g/mol. The highest BCUT2D eigenvalue weighted by atomic mass is 35.5. The van der Waals surface area contributed by atoms with Gasteiger partial charge < -0.3 is 10.6 Å². The first-order valence-electron chi connectivity index (χ1n) is 8.92. The maximum Gasteiger partial charge on any atom is 0.184 e. The molecule has 3 heterocycles. The number of nitrogens with zero attached hydrogens (tertiary/aromatic N) is 6. The number of fused-ring (bicyclic) bond motifs is 1. The lowest BCUT2D eigenvalue weighted by Crippen LogP contribution is -2.15. The van der Waals surface area contributed by atoms with Crippen molar-refractivity contribution in [2.45, 2.75) is 0 Å². The molecule has 4 rings (SSSR count). The Morgan fingerprint density at radius 3 is 2.53 bits per heavy atom. The second-order valence-electron chi connectivity index (χ2n) is 6.15. The van der Waals surface area contributed by atoms with Crippen LogP contribution in [0.1, 0.15) is 5.69 Å². The molecule has 0 amide bonds. The molecule has 0 aliphatic heterocycles. The Morgan fingerprint density at radius 1 is 0.933 bits per heavy atom. The van der Waals surface area contributed by atoms with Gasteiger partial charge in [-0.1, -0.05) is 23.2 Å². The molecule has 30 heavy (non-hydrogen) atoms. The van der Waals surface area contributed by atoms with Crippen molar-refractivity contribution in [3.63, 3.8) is 0 Å². The number of hydrogen-bond donors (Lipinski definition) is 2. The average Bonchev–Trinajstić information content (AvgIpc) is 2.77. The highest BCUT2D eigenvalue weighted by Crippen LogP contribution is 2.30. The van der Waals surface area contributed by atoms with Crippen molar-refractivity contribution < 1.29 is 0 Å². The SMILES string of the molecule is N#Cc1ccc(NCCNc2nc(-c3ccc(Cl)cc3Cl)nc3nccnc23)cn1. The van der Waals surface area contributed by atoms with Gasteiger partial charge in [0.1, 0.15) is 17.3 Å². The van der Waals surface area contributed by atoms with Gasteiger partial charge in [-0.2, -0.15) is 5.26 Å². The fourth-order valence-electron chi connectivity index (χ4n) is 2.73. The van der Waals surface area contributed by atoms with Crippen LogP contribution >= 0.6 is 23.2 Å². The molecule has 8 nitrogen and oxygen atoms in total. The lowest BCUT2D eigenvalue weighted by atomic mass is 10.2. The van der Waals surface area contributed by atoms with Crippen LogP contribution in [0.5, 0.6) is 0 Å². The molecule has 0 saturated carbocycles. The monoisotopic (exact) mass is 436 g/mol. The van der Waals surface area contributed by atoms with E-state index in [1.807, 2.05) is 6.07 Å². The summed E-state index contributed by atoms with van der Waals surface area (Å²) in [6, 6.07) is 10.6. The van der Waals surface area contributed by atoms with Gasteiger partial charge in [0.15, 0.2) is 17.3 Å². The molecule has 148 valence electrons. The zero-order chi connectivity index (χ0) is 20.9. The van der Waals surface area contributed by atoms with E-state index in [9.17, 15) is 0 Å². The molecule has 4 aromatic rings. The first-order valence-corrected chi connectivity index (χ1v) is 9.68. The maximum absolute atomic E-state index is 8.81. The lowest BCUT2D eigenvalue weighted by molar-refractivity contribution is 1.05. The van der Waals surface area contributed by atoms with Gasteiger partial charge in [0, 0.05) is 36.1 Å². The molecule has 10 heteroatoms. The highest BCUT2D eigenvalue weighted by molar-refractivity contribution is 6.36. The number of halogens is 2. The van der Waals surface area contributed by atoms with Crippen LogP contribution in [0.15, 0.2) is 48.9 Å². The van der Waals surface area contributed by atoms with Crippen LogP contribution in [-0.4, -0.2) is 38.0 Å². The third-order valence-electron chi connectivity index (χ3n) is 4.13. The number of anilines is 2. The maximum atomic E-state index is 8.81. The number of hydrogen-bond acceptors (Lipinski definition) is 8. The van der Waals surface area contributed by atoms with Gasteiger partial charge in [-0.25, -0.2) is 24.9 Å². The molecule has 0 aliphatic rings. The zero-order valence-corrected chi connectivity index (χ0v) is 17.0. The number of pyridine rings is 1. The van der Waals surface area contributed by atoms with Crippen LogP contribution in [0.3, 0.4) is 0 Å². The van der Waals surface area contributed by atoms with Crippen LogP contribution in [0.2, 0.25) is 10.0 Å². The Labute approximate surface area is 182 Å². The molecule has 0 radical (unpaired) electrons. The molecule has 0 fully saturated rings. The third kappa shape index (κ3) is 4.38. The molecule has 0 bridgehead atoms. The van der Waals surface area contributed by atoms with Crippen molar-refractivity contribution in [3.8, 4) is 17.5 Å². The van der Waals surface area contributed by atoms with Crippen molar-refractivity contribution >= 4 is 45.9 Å². The molecule has 2 N–H and O–H groups in total. The van der Waals surface area contributed by atoms with Gasteiger partial charge in [0.25, 0.3) is 0 Å². The molecule has 3 aromatic heterocycles. The predicted molar refractivity (Wildman–Crippen MR) is 117 cm³/mol. The normalized spacial score (nSPS) is 10.6. The van der Waals surface area contributed by atoms with Crippen LogP contribution in [0.25, 0.3) is 22.6 Å². The molecule has 0 spiro atoms. The van der Waals surface area contributed by atoms with E-state index < -0.39 is 0 Å². The van der Waals surface area contributed by atoms with Crippen LogP contribution < -0.4 is 10.6 Å². The standard InChI is InChI=1S/C20H14Cl2N8/c21-12-1-4-15(16(22)9-12)18-29-19(17-20(30-18)27-8-6-25-17)26-7-5-24-14-3-2-13(10-23)28-11-14/h1-4,6,8-9,11,24H,5,7H2,(H,26,27,29,30). The van der Waals surface area contributed by atoms with Gasteiger partial charge in [-0.05, 0) is 30.3 Å². The second kappa shape index (κ2) is 8.86. The van der Waals surface area contributed by atoms with Crippen molar-refractivity contribution in [2.24, 2.45) is 0 Å². The summed E-state index contributed by atoms with van der Waals surface area (Å²) in [4.78, 5) is 21.8. The first kappa shape index (κ1) is 19.8. The Morgan fingerprint density at radius 2 is 1.77 bits per heavy atom. The summed E-state index contributed by atoms with van der Waals surface area (Å²) in [6.07, 6.45) is 4.78. The summed E-state index contributed by atoms with van der Waals surface area (Å²) in [7, 11) is 0. The van der Waals surface area contributed by atoms with E-state index in [0.717, 1.165) is 5.69 Å². The number of aromatic nitrogens is 5. The van der Waals surface area contributed by atoms with E-state index in [4.69, 9.17) is 28.5 Å². The van der Waals surface area contributed by atoms with Gasteiger partial charge in [-0.15, -0.1) is 0 Å². The number of nitriles is 1. The Hall–Kier alpha value is -3.54. The topological polar surface area (TPSA) is 112 Å². The summed E-state index contributed by atoms with van der Waals surface area (Å²) in [5, 5.41) is 16.3. The van der Waals surface area contributed by atoms with E-state index in [1.165, 1.54) is 0 Å². The van der Waals surface area contributed by atoms with Crippen molar-refractivity contribution in [2.75, 3.05) is 23.7 Å². The van der Waals surface area contributed by atoms with Gasteiger partial charge >= 0.3 is 0 Å². The summed E-state index contributed by atoms with van der Waals surface area (Å²) in [5.74, 6) is 0.977. The van der Waals surface area contributed by atoms with Crippen LogP contribution in [-0.2, 0) is 0 Å². The smallest absolute Gasteiger partial charge is 0.184 e. The predicted octanol–water partition coefficient (Wildman–Crippen LogP) is 4.18. The molecule has 1 aromatic carbocycles. The zero-order valence-electron chi connectivity index (χ0n) is 15.5. The number of rotatable bonds is 6. The minimum absolute atomic E-state index is 0.373. The highest BCUT2D eigenvalue weighted by Gasteiger charge is 2.13. The van der Waals surface area contributed by atoms with Gasteiger partial charge in [-0.3, -0.25) is 0 Å². The van der Waals surface area contributed by atoms with Gasteiger partial charge in [0.2, 0.25) is 0 Å². The van der Waals surface area contributed by atoms with E-state index in [2.05, 4.69) is 35.6 Å². The van der Waals surface area contributed by atoms with Crippen molar-refractivity contribution in [3.05, 3.63) is 64.7 Å². The van der Waals surface area contributed by atoms with Crippen LogP contribution in [0.4, 0.5) is 11.5 Å². The van der Waals surface area contributed by atoms with Crippen molar-refractivity contribution in [1.82, 2.24) is 24.9 Å². The summed E-state index contributed by atoms with van der Waals surface area (Å²) in [6.45, 7) is 1.15. The fraction of sp³-hybridized carbons (Fsp3) is 0.100. The molecule has 0 unspecified atom stereocenters. The van der Waals surface area contributed by atoms with Crippen molar-refractivity contribution in [1.29, 1.82) is 5.26 Å². The minimum Gasteiger partial charge on any atom is -0.382 e. The molecular formula is C20H14Cl2N8. The average molecular weight is 437 g/mol. The summed E-state index contributed by atoms with van der Waals surface area (Å²) >= 11 is 12.3. The minimum atomic E-state index is 0.373.